The van der Waals surface area contributed by atoms with Crippen LogP contribution in [0.2, 0.25) is 0 Å². The van der Waals surface area contributed by atoms with Crippen molar-refractivity contribution in [1.29, 1.82) is 0 Å². The monoisotopic (exact) mass is 313 g/mol. The Labute approximate surface area is 137 Å². The number of rotatable bonds is 8. The Morgan fingerprint density at radius 1 is 1.39 bits per heavy atom. The van der Waals surface area contributed by atoms with Crippen LogP contribution < -0.4 is 10.1 Å². The molecule has 0 aliphatic heterocycles. The van der Waals surface area contributed by atoms with Crippen LogP contribution in [0, 0.1) is 12.3 Å². The Bertz CT molecular complexity index is 654. The van der Waals surface area contributed by atoms with Crippen LogP contribution in [-0.2, 0) is 19.2 Å². The third kappa shape index (κ3) is 5.13. The van der Waals surface area contributed by atoms with Gasteiger partial charge in [0.2, 0.25) is 0 Å². The first kappa shape index (κ1) is 17.1. The van der Waals surface area contributed by atoms with Gasteiger partial charge >= 0.3 is 0 Å². The molecule has 0 bridgehead atoms. The van der Waals surface area contributed by atoms with Gasteiger partial charge in [0.15, 0.2) is 0 Å². The van der Waals surface area contributed by atoms with Gasteiger partial charge in [0.05, 0.1) is 12.8 Å². The number of aliphatic hydroxyl groups is 1. The van der Waals surface area contributed by atoms with Gasteiger partial charge in [0.25, 0.3) is 0 Å². The second-order valence-electron chi connectivity index (χ2n) is 5.73. The zero-order valence-electron chi connectivity index (χ0n) is 13.6. The predicted octanol–water partition coefficient (Wildman–Crippen LogP) is 1.82. The Balaban J connectivity index is 1.80. The van der Waals surface area contributed by atoms with Gasteiger partial charge < -0.3 is 15.2 Å². The molecule has 5 heteroatoms. The maximum absolute atomic E-state index is 10.5. The van der Waals surface area contributed by atoms with Crippen molar-refractivity contribution < 1.29 is 9.84 Å². The minimum Gasteiger partial charge on any atom is -0.493 e. The molecule has 0 amide bonds. The van der Waals surface area contributed by atoms with E-state index in [1.165, 1.54) is 0 Å². The highest BCUT2D eigenvalue weighted by atomic mass is 16.5. The molecule has 122 valence electrons. The van der Waals surface area contributed by atoms with Gasteiger partial charge in [-0.3, -0.25) is 4.68 Å². The summed E-state index contributed by atoms with van der Waals surface area (Å²) in [6.07, 6.45) is 9.30. The molecular weight excluding hydrogens is 290 g/mol. The van der Waals surface area contributed by atoms with E-state index in [2.05, 4.69) is 16.3 Å². The minimum atomic E-state index is -0.952. The van der Waals surface area contributed by atoms with Crippen LogP contribution in [0.3, 0.4) is 0 Å². The summed E-state index contributed by atoms with van der Waals surface area (Å²) in [5.74, 6) is 3.35. The third-order valence-electron chi connectivity index (χ3n) is 3.56. The lowest BCUT2D eigenvalue weighted by Gasteiger charge is -2.22. The summed E-state index contributed by atoms with van der Waals surface area (Å²) in [6, 6.07) is 7.84. The van der Waals surface area contributed by atoms with Crippen LogP contribution in [-0.4, -0.2) is 28.0 Å². The normalized spacial score (nSPS) is 13.3. The van der Waals surface area contributed by atoms with Crippen LogP contribution in [0.5, 0.6) is 5.75 Å². The number of hydrogen-bond acceptors (Lipinski definition) is 4. The maximum atomic E-state index is 10.5. The molecule has 0 aliphatic rings. The smallest absolute Gasteiger partial charge is 0.119 e. The van der Waals surface area contributed by atoms with Crippen molar-refractivity contribution in [2.75, 3.05) is 13.2 Å². The van der Waals surface area contributed by atoms with Crippen molar-refractivity contribution in [1.82, 2.24) is 15.1 Å². The first-order valence-electron chi connectivity index (χ1n) is 7.59. The molecule has 2 N–H and O–H groups in total. The molecule has 0 fully saturated rings. The maximum Gasteiger partial charge on any atom is 0.119 e. The molecule has 1 unspecified atom stereocenters. The molecule has 0 saturated heterocycles. The van der Waals surface area contributed by atoms with Crippen molar-refractivity contribution in [2.45, 2.75) is 25.5 Å². The number of aryl methyl sites for hydroxylation is 1. The van der Waals surface area contributed by atoms with Crippen LogP contribution in [0.1, 0.15) is 24.5 Å². The predicted molar refractivity (Wildman–Crippen MR) is 89.9 cm³/mol. The Kier molecular flexibility index (Phi) is 5.80. The van der Waals surface area contributed by atoms with Crippen LogP contribution in [0.25, 0.3) is 0 Å². The number of aromatic nitrogens is 2. The highest BCUT2D eigenvalue weighted by Gasteiger charge is 2.23. The summed E-state index contributed by atoms with van der Waals surface area (Å²) in [6.45, 7) is 3.42. The Morgan fingerprint density at radius 2 is 2.13 bits per heavy atom. The lowest BCUT2D eigenvalue weighted by molar-refractivity contribution is 0.0566. The van der Waals surface area contributed by atoms with E-state index in [0.717, 1.165) is 16.9 Å². The van der Waals surface area contributed by atoms with Crippen LogP contribution in [0.4, 0.5) is 0 Å². The van der Waals surface area contributed by atoms with Gasteiger partial charge in [-0.25, -0.2) is 0 Å². The fourth-order valence-corrected chi connectivity index (χ4v) is 2.18. The zero-order valence-corrected chi connectivity index (χ0v) is 13.6. The van der Waals surface area contributed by atoms with Gasteiger partial charge in [-0.05, 0) is 24.6 Å². The van der Waals surface area contributed by atoms with Crippen molar-refractivity contribution >= 4 is 0 Å². The number of nitrogens with zero attached hydrogens (tertiary/aromatic N) is 2. The molecular formula is C18H23N3O2. The van der Waals surface area contributed by atoms with E-state index in [-0.39, 0.29) is 0 Å². The van der Waals surface area contributed by atoms with Gasteiger partial charge in [0, 0.05) is 38.3 Å². The lowest BCUT2D eigenvalue weighted by Crippen LogP contribution is -2.34. The molecule has 1 heterocycles. The van der Waals surface area contributed by atoms with Crippen molar-refractivity contribution in [3.63, 3.8) is 0 Å². The standard InChI is InChI=1S/C18H23N3O2/c1-4-5-10-23-17-8-6-15(7-9-17)11-19-14-18(2,22)16-12-20-21(3)13-16/h1,6-9,12-13,19,22H,5,10-11,14H2,2-3H3. The number of terminal acetylenes is 1. The van der Waals surface area contributed by atoms with Gasteiger partial charge in [-0.15, -0.1) is 12.3 Å². The van der Waals surface area contributed by atoms with E-state index in [9.17, 15) is 5.11 Å². The molecule has 2 aromatic rings. The summed E-state index contributed by atoms with van der Waals surface area (Å²) >= 11 is 0. The molecule has 1 atom stereocenters. The van der Waals surface area contributed by atoms with Crippen molar-refractivity contribution in [2.24, 2.45) is 7.05 Å². The molecule has 0 radical (unpaired) electrons. The minimum absolute atomic E-state index is 0.444. The highest BCUT2D eigenvalue weighted by Crippen LogP contribution is 2.19. The van der Waals surface area contributed by atoms with Gasteiger partial charge in [0.1, 0.15) is 11.4 Å². The van der Waals surface area contributed by atoms with Gasteiger partial charge in [-0.2, -0.15) is 5.10 Å². The average molecular weight is 313 g/mol. The number of hydrogen-bond donors (Lipinski definition) is 2. The van der Waals surface area contributed by atoms with Gasteiger partial charge in [-0.1, -0.05) is 12.1 Å². The molecule has 2 rings (SSSR count). The SMILES string of the molecule is C#CCCOc1ccc(CNCC(C)(O)c2cnn(C)c2)cc1. The summed E-state index contributed by atoms with van der Waals surface area (Å²) < 4.78 is 7.19. The second kappa shape index (κ2) is 7.82. The van der Waals surface area contributed by atoms with E-state index >= 15 is 0 Å². The van der Waals surface area contributed by atoms with Crippen molar-refractivity contribution in [3.05, 3.63) is 47.8 Å². The molecule has 5 nitrogen and oxygen atoms in total. The average Bonchev–Trinajstić information content (AvgIpc) is 2.96. The first-order chi connectivity index (χ1) is 11.0. The van der Waals surface area contributed by atoms with E-state index in [1.54, 1.807) is 17.8 Å². The van der Waals surface area contributed by atoms with Crippen molar-refractivity contribution in [3.8, 4) is 18.1 Å². The topological polar surface area (TPSA) is 59.3 Å². The largest absolute Gasteiger partial charge is 0.493 e. The lowest BCUT2D eigenvalue weighted by atomic mass is 9.99. The molecule has 1 aromatic heterocycles. The van der Waals surface area contributed by atoms with Crippen LogP contribution in [0.15, 0.2) is 36.7 Å². The first-order valence-corrected chi connectivity index (χ1v) is 7.59. The highest BCUT2D eigenvalue weighted by molar-refractivity contribution is 5.27. The van der Waals surface area contributed by atoms with E-state index in [1.807, 2.05) is 37.5 Å². The fourth-order valence-electron chi connectivity index (χ4n) is 2.18. The van der Waals surface area contributed by atoms with E-state index in [4.69, 9.17) is 11.2 Å². The summed E-state index contributed by atoms with van der Waals surface area (Å²) in [5.41, 5.74) is 0.966. The van der Waals surface area contributed by atoms with Crippen LogP contribution >= 0.6 is 0 Å². The number of nitrogens with one attached hydrogen (secondary N) is 1. The number of benzene rings is 1. The molecule has 0 aliphatic carbocycles. The second-order valence-corrected chi connectivity index (χ2v) is 5.73. The fraction of sp³-hybridized carbons (Fsp3) is 0.389. The summed E-state index contributed by atoms with van der Waals surface area (Å²) in [4.78, 5) is 0. The molecule has 0 saturated carbocycles. The quantitative estimate of drug-likeness (QED) is 0.576. The van der Waals surface area contributed by atoms with E-state index < -0.39 is 5.60 Å². The number of ether oxygens (including phenoxy) is 1. The zero-order chi connectivity index (χ0) is 16.7. The Hall–Kier alpha value is -2.29. The molecule has 23 heavy (non-hydrogen) atoms. The summed E-state index contributed by atoms with van der Waals surface area (Å²) in [7, 11) is 1.83. The summed E-state index contributed by atoms with van der Waals surface area (Å²) in [5, 5.41) is 17.8. The molecule has 1 aromatic carbocycles. The third-order valence-corrected chi connectivity index (χ3v) is 3.56. The molecule has 0 spiro atoms. The van der Waals surface area contributed by atoms with E-state index in [0.29, 0.717) is 26.1 Å². The Morgan fingerprint density at radius 3 is 2.74 bits per heavy atom.